The van der Waals surface area contributed by atoms with E-state index in [1.54, 1.807) is 41.3 Å². The second-order valence-corrected chi connectivity index (χ2v) is 8.15. The number of halogens is 3. The number of carbonyl (C=O) groups excluding carboxylic acids is 1. The molecule has 1 saturated heterocycles. The zero-order chi connectivity index (χ0) is 22.0. The quantitative estimate of drug-likeness (QED) is 0.596. The highest BCUT2D eigenvalue weighted by Crippen LogP contribution is 2.40. The Hall–Kier alpha value is -2.83. The fraction of sp³-hybridized carbons (Fsp3) is 0.250. The molecule has 7 heteroatoms. The average Bonchev–Trinajstić information content (AvgIpc) is 2.74. The van der Waals surface area contributed by atoms with Crippen LogP contribution in [-0.4, -0.2) is 29.1 Å². The molecule has 1 atom stereocenters. The number of nitrogens with zero attached hydrogens (tertiary/aromatic N) is 2. The largest absolute Gasteiger partial charge is 0.396 e. The molecule has 160 valence electrons. The molecule has 2 heterocycles. The van der Waals surface area contributed by atoms with Gasteiger partial charge in [-0.05, 0) is 60.9 Å². The van der Waals surface area contributed by atoms with Gasteiger partial charge >= 0.3 is 0 Å². The Labute approximate surface area is 184 Å². The topological polar surface area (TPSA) is 53.4 Å². The van der Waals surface area contributed by atoms with Crippen LogP contribution in [0.2, 0.25) is 5.02 Å². The third-order valence-electron chi connectivity index (χ3n) is 5.87. The Morgan fingerprint density at radius 2 is 1.81 bits per heavy atom. The zero-order valence-electron chi connectivity index (χ0n) is 16.7. The molecule has 0 bridgehead atoms. The highest BCUT2D eigenvalue weighted by Gasteiger charge is 2.40. The summed E-state index contributed by atoms with van der Waals surface area (Å²) in [6.07, 6.45) is 1.20. The third kappa shape index (κ3) is 4.31. The summed E-state index contributed by atoms with van der Waals surface area (Å²) in [6.45, 7) is 0.339. The molecule has 0 aliphatic carbocycles. The lowest BCUT2D eigenvalue weighted by molar-refractivity contribution is -0.121. The summed E-state index contributed by atoms with van der Waals surface area (Å²) in [6, 6.07) is 15.5. The maximum Gasteiger partial charge on any atom is 0.229 e. The molecular weight excluding hydrogens is 422 g/mol. The van der Waals surface area contributed by atoms with Crippen LogP contribution in [0.1, 0.15) is 24.8 Å². The van der Waals surface area contributed by atoms with Crippen LogP contribution >= 0.6 is 11.6 Å². The predicted molar refractivity (Wildman–Crippen MR) is 116 cm³/mol. The van der Waals surface area contributed by atoms with E-state index >= 15 is 0 Å². The van der Waals surface area contributed by atoms with Crippen molar-refractivity contribution >= 4 is 23.3 Å². The molecule has 2 aromatic carbocycles. The van der Waals surface area contributed by atoms with Gasteiger partial charge in [0.2, 0.25) is 5.91 Å². The third-order valence-corrected chi connectivity index (χ3v) is 6.18. The average molecular weight is 443 g/mol. The van der Waals surface area contributed by atoms with Crippen molar-refractivity contribution in [1.29, 1.82) is 0 Å². The summed E-state index contributed by atoms with van der Waals surface area (Å²) in [5, 5.41) is 9.87. The minimum atomic E-state index is -0.548. The van der Waals surface area contributed by atoms with Crippen molar-refractivity contribution in [1.82, 2.24) is 4.98 Å². The Kier molecular flexibility index (Phi) is 6.03. The Morgan fingerprint density at radius 3 is 2.48 bits per heavy atom. The lowest BCUT2D eigenvalue weighted by Gasteiger charge is -2.41. The number of aliphatic hydroxyl groups excluding tert-OH is 1. The lowest BCUT2D eigenvalue weighted by Crippen LogP contribution is -2.47. The first kappa shape index (κ1) is 21.4. The van der Waals surface area contributed by atoms with Crippen molar-refractivity contribution < 1.29 is 18.7 Å². The summed E-state index contributed by atoms with van der Waals surface area (Å²) < 4.78 is 26.8. The summed E-state index contributed by atoms with van der Waals surface area (Å²) in [7, 11) is 0. The maximum atomic E-state index is 13.4. The van der Waals surface area contributed by atoms with Crippen molar-refractivity contribution in [2.75, 3.05) is 18.1 Å². The smallest absolute Gasteiger partial charge is 0.229 e. The number of anilines is 1. The van der Waals surface area contributed by atoms with E-state index in [0.29, 0.717) is 36.5 Å². The zero-order valence-corrected chi connectivity index (χ0v) is 17.4. The molecule has 4 nitrogen and oxygen atoms in total. The van der Waals surface area contributed by atoms with Gasteiger partial charge in [0.15, 0.2) is 0 Å². The van der Waals surface area contributed by atoms with Gasteiger partial charge in [0.05, 0.1) is 10.7 Å². The molecule has 3 aromatic rings. The van der Waals surface area contributed by atoms with Gasteiger partial charge in [0.1, 0.15) is 17.5 Å². The second kappa shape index (κ2) is 8.73. The minimum Gasteiger partial charge on any atom is -0.396 e. The molecule has 1 aliphatic rings. The SMILES string of the molecule is O=C1CC(CCO)(c2ccc(F)cc2)CCN1c1cccc(-c2ccc(F)cc2Cl)n1. The molecule has 1 N–H and O–H groups in total. The van der Waals surface area contributed by atoms with Crippen molar-refractivity contribution in [3.63, 3.8) is 0 Å². The Balaban J connectivity index is 1.61. The van der Waals surface area contributed by atoms with E-state index in [-0.39, 0.29) is 29.8 Å². The first-order valence-electron chi connectivity index (χ1n) is 10.0. The van der Waals surface area contributed by atoms with Gasteiger partial charge in [-0.25, -0.2) is 13.8 Å². The standard InChI is InChI=1S/C24H21ClF2N2O2/c25-20-14-18(27)8-9-19(20)21-2-1-3-22(28-21)29-12-10-24(11-13-30,15-23(29)31)16-4-6-17(26)7-5-16/h1-9,14,30H,10-13,15H2. The van der Waals surface area contributed by atoms with Crippen LogP contribution in [0.3, 0.4) is 0 Å². The normalized spacial score (nSPS) is 19.0. The minimum absolute atomic E-state index is 0.0680. The van der Waals surface area contributed by atoms with Crippen molar-refractivity contribution in [3.8, 4) is 11.3 Å². The van der Waals surface area contributed by atoms with Crippen molar-refractivity contribution in [2.45, 2.75) is 24.7 Å². The molecule has 4 rings (SSSR count). The number of rotatable bonds is 5. The number of pyridine rings is 1. The first-order chi connectivity index (χ1) is 14.9. The number of hydrogen-bond acceptors (Lipinski definition) is 3. The number of benzene rings is 2. The van der Waals surface area contributed by atoms with Gasteiger partial charge in [0.25, 0.3) is 0 Å². The Morgan fingerprint density at radius 1 is 1.06 bits per heavy atom. The number of aromatic nitrogens is 1. The van der Waals surface area contributed by atoms with Crippen LogP contribution in [0.15, 0.2) is 60.7 Å². The molecule has 0 radical (unpaired) electrons. The van der Waals surface area contributed by atoms with Crippen LogP contribution in [0.4, 0.5) is 14.6 Å². The van der Waals surface area contributed by atoms with E-state index < -0.39 is 11.2 Å². The van der Waals surface area contributed by atoms with Crippen LogP contribution in [0.25, 0.3) is 11.3 Å². The highest BCUT2D eigenvalue weighted by atomic mass is 35.5. The molecule has 0 saturated carbocycles. The van der Waals surface area contributed by atoms with Crippen molar-refractivity contribution in [3.05, 3.63) is 82.9 Å². The van der Waals surface area contributed by atoms with Gasteiger partial charge in [0, 0.05) is 30.6 Å². The first-order valence-corrected chi connectivity index (χ1v) is 10.4. The van der Waals surface area contributed by atoms with E-state index in [0.717, 1.165) is 5.56 Å². The number of amides is 1. The monoisotopic (exact) mass is 442 g/mol. The second-order valence-electron chi connectivity index (χ2n) is 7.74. The molecule has 1 aromatic heterocycles. The van der Waals surface area contributed by atoms with Crippen LogP contribution in [0.5, 0.6) is 0 Å². The Bertz CT molecular complexity index is 1110. The summed E-state index contributed by atoms with van der Waals surface area (Å²) in [5.41, 5.74) is 1.42. The number of hydrogen-bond donors (Lipinski definition) is 1. The number of piperidine rings is 1. The fourth-order valence-electron chi connectivity index (χ4n) is 4.21. The molecule has 1 amide bonds. The van der Waals surface area contributed by atoms with E-state index in [9.17, 15) is 18.7 Å². The maximum absolute atomic E-state index is 13.4. The van der Waals surface area contributed by atoms with Gasteiger partial charge in [-0.15, -0.1) is 0 Å². The van der Waals surface area contributed by atoms with Crippen LogP contribution in [0, 0.1) is 11.6 Å². The van der Waals surface area contributed by atoms with E-state index in [2.05, 4.69) is 4.98 Å². The molecule has 0 spiro atoms. The van der Waals surface area contributed by atoms with Crippen molar-refractivity contribution in [2.24, 2.45) is 0 Å². The van der Waals surface area contributed by atoms with E-state index in [4.69, 9.17) is 11.6 Å². The predicted octanol–water partition coefficient (Wildman–Crippen LogP) is 5.13. The molecule has 31 heavy (non-hydrogen) atoms. The van der Waals surface area contributed by atoms with Gasteiger partial charge in [-0.2, -0.15) is 0 Å². The van der Waals surface area contributed by atoms with Gasteiger partial charge in [-0.1, -0.05) is 29.8 Å². The summed E-state index contributed by atoms with van der Waals surface area (Å²) in [4.78, 5) is 19.3. The molecule has 1 fully saturated rings. The summed E-state index contributed by atoms with van der Waals surface area (Å²) in [5.74, 6) is -0.414. The van der Waals surface area contributed by atoms with Crippen LogP contribution < -0.4 is 4.90 Å². The lowest BCUT2D eigenvalue weighted by atomic mass is 9.70. The highest BCUT2D eigenvalue weighted by molar-refractivity contribution is 6.33. The summed E-state index contributed by atoms with van der Waals surface area (Å²) >= 11 is 6.17. The molecular formula is C24H21ClF2N2O2. The van der Waals surface area contributed by atoms with Gasteiger partial charge < -0.3 is 5.11 Å². The van der Waals surface area contributed by atoms with Gasteiger partial charge in [-0.3, -0.25) is 9.69 Å². The number of carbonyl (C=O) groups is 1. The van der Waals surface area contributed by atoms with Crippen LogP contribution in [-0.2, 0) is 10.2 Å². The molecule has 1 unspecified atom stereocenters. The number of aliphatic hydroxyl groups is 1. The fourth-order valence-corrected chi connectivity index (χ4v) is 4.47. The molecule has 1 aliphatic heterocycles. The van der Waals surface area contributed by atoms with E-state index in [1.165, 1.54) is 24.3 Å². The van der Waals surface area contributed by atoms with E-state index in [1.807, 2.05) is 0 Å².